The fourth-order valence-corrected chi connectivity index (χ4v) is 2.38. The molecule has 0 atom stereocenters. The molecule has 0 saturated heterocycles. The summed E-state index contributed by atoms with van der Waals surface area (Å²) < 4.78 is 19.5. The zero-order valence-electron chi connectivity index (χ0n) is 9.91. The number of hydrogen-bond acceptors (Lipinski definition) is 2. The SMILES string of the molecule is COc1ccc(C(=O)c2ccc(Br)cc2Cl)c(F)c1. The maximum atomic E-state index is 13.8. The molecular weight excluding hydrogens is 335 g/mol. The molecule has 0 heterocycles. The lowest BCUT2D eigenvalue weighted by Gasteiger charge is -2.07. The Morgan fingerprint density at radius 1 is 1.21 bits per heavy atom. The van der Waals surface area contributed by atoms with E-state index < -0.39 is 11.6 Å². The second-order valence-corrected chi connectivity index (χ2v) is 5.12. The third-order valence-electron chi connectivity index (χ3n) is 2.60. The number of methoxy groups -OCH3 is 1. The largest absolute Gasteiger partial charge is 0.497 e. The number of carbonyl (C=O) groups excluding carboxylic acids is 1. The summed E-state index contributed by atoms with van der Waals surface area (Å²) in [6, 6.07) is 8.91. The minimum atomic E-state index is -0.636. The Morgan fingerprint density at radius 2 is 1.89 bits per heavy atom. The molecule has 5 heteroatoms. The molecule has 0 saturated carbocycles. The number of halogens is 3. The molecule has 0 radical (unpaired) electrons. The van der Waals surface area contributed by atoms with Crippen molar-refractivity contribution in [1.82, 2.24) is 0 Å². The molecule has 0 amide bonds. The number of ether oxygens (including phenoxy) is 1. The van der Waals surface area contributed by atoms with Crippen LogP contribution in [0.4, 0.5) is 4.39 Å². The van der Waals surface area contributed by atoms with Crippen LogP contribution in [-0.2, 0) is 0 Å². The monoisotopic (exact) mass is 342 g/mol. The smallest absolute Gasteiger partial charge is 0.197 e. The predicted octanol–water partition coefficient (Wildman–Crippen LogP) is 4.48. The van der Waals surface area contributed by atoms with Crippen LogP contribution < -0.4 is 4.74 Å². The topological polar surface area (TPSA) is 26.3 Å². The first-order valence-corrected chi connectivity index (χ1v) is 6.53. The molecule has 0 fully saturated rings. The van der Waals surface area contributed by atoms with Crippen molar-refractivity contribution in [2.75, 3.05) is 7.11 Å². The minimum absolute atomic E-state index is 0.0370. The fourth-order valence-electron chi connectivity index (χ4n) is 1.63. The molecule has 98 valence electrons. The van der Waals surface area contributed by atoms with Crippen LogP contribution in [0.15, 0.2) is 40.9 Å². The van der Waals surface area contributed by atoms with Crippen LogP contribution in [0.5, 0.6) is 5.75 Å². The van der Waals surface area contributed by atoms with Crippen molar-refractivity contribution in [3.05, 3.63) is 62.8 Å². The number of carbonyl (C=O) groups is 1. The Balaban J connectivity index is 2.44. The molecule has 0 unspecified atom stereocenters. The first-order valence-electron chi connectivity index (χ1n) is 5.36. The summed E-state index contributed by atoms with van der Waals surface area (Å²) >= 11 is 9.24. The highest BCUT2D eigenvalue weighted by atomic mass is 79.9. The van der Waals surface area contributed by atoms with Crippen LogP contribution >= 0.6 is 27.5 Å². The van der Waals surface area contributed by atoms with Gasteiger partial charge in [0, 0.05) is 16.1 Å². The highest BCUT2D eigenvalue weighted by Gasteiger charge is 2.17. The molecule has 2 nitrogen and oxygen atoms in total. The van der Waals surface area contributed by atoms with Crippen LogP contribution in [0.1, 0.15) is 15.9 Å². The summed E-state index contributed by atoms with van der Waals surface area (Å²) in [6.45, 7) is 0. The Morgan fingerprint density at radius 3 is 2.47 bits per heavy atom. The van der Waals surface area contributed by atoms with E-state index in [1.54, 1.807) is 18.2 Å². The minimum Gasteiger partial charge on any atom is -0.497 e. The summed E-state index contributed by atoms with van der Waals surface area (Å²) in [5, 5.41) is 0.273. The van der Waals surface area contributed by atoms with E-state index in [9.17, 15) is 9.18 Å². The van der Waals surface area contributed by atoms with E-state index in [-0.39, 0.29) is 16.1 Å². The second-order valence-electron chi connectivity index (χ2n) is 3.80. The second kappa shape index (κ2) is 5.72. The highest BCUT2D eigenvalue weighted by Crippen LogP contribution is 2.25. The zero-order chi connectivity index (χ0) is 14.0. The Bertz CT molecular complexity index is 643. The molecule has 2 aromatic carbocycles. The molecule has 0 bridgehead atoms. The molecule has 0 aliphatic heterocycles. The predicted molar refractivity (Wildman–Crippen MR) is 75.5 cm³/mol. The van der Waals surface area contributed by atoms with Gasteiger partial charge in [-0.1, -0.05) is 27.5 Å². The first-order chi connectivity index (χ1) is 9.02. The van der Waals surface area contributed by atoms with Gasteiger partial charge in [-0.15, -0.1) is 0 Å². The van der Waals surface area contributed by atoms with Gasteiger partial charge < -0.3 is 4.74 Å². The van der Waals surface area contributed by atoms with Crippen LogP contribution in [0.2, 0.25) is 5.02 Å². The average Bonchev–Trinajstić information content (AvgIpc) is 2.37. The van der Waals surface area contributed by atoms with Crippen molar-refractivity contribution in [2.24, 2.45) is 0 Å². The van der Waals surface area contributed by atoms with E-state index >= 15 is 0 Å². The van der Waals surface area contributed by atoms with E-state index in [0.717, 1.165) is 4.47 Å². The number of rotatable bonds is 3. The molecule has 0 aliphatic carbocycles. The standard InChI is InChI=1S/C14H9BrClFO2/c1-19-9-3-5-11(13(17)7-9)14(18)10-4-2-8(15)6-12(10)16/h2-7H,1H3. The fraction of sp³-hybridized carbons (Fsp3) is 0.0714. The summed E-state index contributed by atoms with van der Waals surface area (Å²) in [5.41, 5.74) is 0.221. The lowest BCUT2D eigenvalue weighted by atomic mass is 10.0. The van der Waals surface area contributed by atoms with E-state index in [0.29, 0.717) is 5.75 Å². The molecule has 0 spiro atoms. The van der Waals surface area contributed by atoms with Gasteiger partial charge in [0.25, 0.3) is 0 Å². The number of ketones is 1. The Kier molecular flexibility index (Phi) is 4.22. The molecule has 0 N–H and O–H groups in total. The van der Waals surface area contributed by atoms with Crippen molar-refractivity contribution < 1.29 is 13.9 Å². The van der Waals surface area contributed by atoms with Crippen molar-refractivity contribution in [1.29, 1.82) is 0 Å². The quantitative estimate of drug-likeness (QED) is 0.768. The van der Waals surface area contributed by atoms with Gasteiger partial charge in [-0.05, 0) is 30.3 Å². The molecule has 0 aromatic heterocycles. The normalized spacial score (nSPS) is 10.3. The third-order valence-corrected chi connectivity index (χ3v) is 3.40. The maximum Gasteiger partial charge on any atom is 0.197 e. The summed E-state index contributed by atoms with van der Waals surface area (Å²) in [4.78, 5) is 12.2. The van der Waals surface area contributed by atoms with Crippen LogP contribution in [0.3, 0.4) is 0 Å². The van der Waals surface area contributed by atoms with Crippen LogP contribution in [0.25, 0.3) is 0 Å². The van der Waals surface area contributed by atoms with E-state index in [4.69, 9.17) is 16.3 Å². The van der Waals surface area contributed by atoms with Gasteiger partial charge in [0.15, 0.2) is 5.78 Å². The van der Waals surface area contributed by atoms with Gasteiger partial charge >= 0.3 is 0 Å². The molecule has 2 aromatic rings. The molecular formula is C14H9BrClFO2. The van der Waals surface area contributed by atoms with Crippen LogP contribution in [0, 0.1) is 5.82 Å². The van der Waals surface area contributed by atoms with Crippen molar-refractivity contribution in [3.8, 4) is 5.75 Å². The summed E-state index contributed by atoms with van der Waals surface area (Å²) in [7, 11) is 1.43. The summed E-state index contributed by atoms with van der Waals surface area (Å²) in [5.74, 6) is -0.739. The Labute approximate surface area is 123 Å². The molecule has 2 rings (SSSR count). The van der Waals surface area contributed by atoms with Gasteiger partial charge in [0.05, 0.1) is 17.7 Å². The van der Waals surface area contributed by atoms with E-state index in [1.807, 2.05) is 0 Å². The van der Waals surface area contributed by atoms with Gasteiger partial charge in [-0.3, -0.25) is 4.79 Å². The first kappa shape index (κ1) is 14.0. The van der Waals surface area contributed by atoms with Gasteiger partial charge in [-0.2, -0.15) is 0 Å². The van der Waals surface area contributed by atoms with Crippen LogP contribution in [-0.4, -0.2) is 12.9 Å². The van der Waals surface area contributed by atoms with Crippen molar-refractivity contribution in [2.45, 2.75) is 0 Å². The number of hydrogen-bond donors (Lipinski definition) is 0. The van der Waals surface area contributed by atoms with Crippen molar-refractivity contribution >= 4 is 33.3 Å². The van der Waals surface area contributed by atoms with Gasteiger partial charge in [0.1, 0.15) is 11.6 Å². The van der Waals surface area contributed by atoms with E-state index in [1.165, 1.54) is 25.3 Å². The third kappa shape index (κ3) is 2.96. The molecule has 19 heavy (non-hydrogen) atoms. The molecule has 0 aliphatic rings. The van der Waals surface area contributed by atoms with E-state index in [2.05, 4.69) is 15.9 Å². The lowest BCUT2D eigenvalue weighted by molar-refractivity contribution is 0.103. The van der Waals surface area contributed by atoms with Crippen molar-refractivity contribution in [3.63, 3.8) is 0 Å². The number of benzene rings is 2. The van der Waals surface area contributed by atoms with Gasteiger partial charge in [-0.25, -0.2) is 4.39 Å². The highest BCUT2D eigenvalue weighted by molar-refractivity contribution is 9.10. The lowest BCUT2D eigenvalue weighted by Crippen LogP contribution is -2.05. The van der Waals surface area contributed by atoms with Gasteiger partial charge in [0.2, 0.25) is 0 Å². The summed E-state index contributed by atoms with van der Waals surface area (Å²) in [6.07, 6.45) is 0. The average molecular weight is 344 g/mol. The maximum absolute atomic E-state index is 13.8. The Hall–Kier alpha value is -1.39. The zero-order valence-corrected chi connectivity index (χ0v) is 12.3.